The first-order valence-electron chi connectivity index (χ1n) is 7.73. The molecule has 1 aliphatic carbocycles. The molecule has 0 spiro atoms. The predicted octanol–water partition coefficient (Wildman–Crippen LogP) is 2.79. The highest BCUT2D eigenvalue weighted by Gasteiger charge is 2.26. The maximum absolute atomic E-state index is 12.3. The molecule has 1 aromatic rings. The molecular formula is C15H23N3O3S. The zero-order valence-corrected chi connectivity index (χ0v) is 13.9. The quantitative estimate of drug-likeness (QED) is 0.845. The Morgan fingerprint density at radius 2 is 2.14 bits per heavy atom. The van der Waals surface area contributed by atoms with Gasteiger partial charge in [0.05, 0.1) is 13.7 Å². The normalized spacial score (nSPS) is 15.4. The predicted molar refractivity (Wildman–Crippen MR) is 84.9 cm³/mol. The first-order valence-corrected chi connectivity index (χ1v) is 8.60. The number of carbonyl (C=O) groups excluding carboxylic acids is 2. The summed E-state index contributed by atoms with van der Waals surface area (Å²) >= 11 is 1.39. The van der Waals surface area contributed by atoms with Gasteiger partial charge < -0.3 is 15.0 Å². The molecule has 0 aromatic carbocycles. The van der Waals surface area contributed by atoms with Gasteiger partial charge in [-0.1, -0.05) is 19.3 Å². The summed E-state index contributed by atoms with van der Waals surface area (Å²) in [5, 5.41) is 5.32. The molecule has 1 N–H and O–H groups in total. The number of nitrogens with zero attached hydrogens (tertiary/aromatic N) is 2. The molecule has 0 bridgehead atoms. The lowest BCUT2D eigenvalue weighted by Crippen LogP contribution is -2.46. The molecule has 0 aliphatic heterocycles. The van der Waals surface area contributed by atoms with E-state index in [0.717, 1.165) is 30.7 Å². The summed E-state index contributed by atoms with van der Waals surface area (Å²) in [7, 11) is 1.34. The standard InChI is InChI=1S/C15H23N3O3S/c1-3-16-15(20)18(11-7-5-4-6-8-11)9-13-17-12(10-22-13)14(19)21-2/h10-11H,3-9H2,1-2H3,(H,16,20). The van der Waals surface area contributed by atoms with Crippen molar-refractivity contribution in [2.24, 2.45) is 0 Å². The van der Waals surface area contributed by atoms with Crippen molar-refractivity contribution in [3.05, 3.63) is 16.1 Å². The van der Waals surface area contributed by atoms with Crippen LogP contribution in [0.1, 0.15) is 54.5 Å². The fraction of sp³-hybridized carbons (Fsp3) is 0.667. The third-order valence-electron chi connectivity index (χ3n) is 3.86. The van der Waals surface area contributed by atoms with Crippen LogP contribution in [0.25, 0.3) is 0 Å². The lowest BCUT2D eigenvalue weighted by molar-refractivity contribution is 0.0594. The Balaban J connectivity index is 2.09. The Morgan fingerprint density at radius 3 is 2.77 bits per heavy atom. The highest BCUT2D eigenvalue weighted by atomic mass is 32.1. The number of hydrogen-bond donors (Lipinski definition) is 1. The highest BCUT2D eigenvalue weighted by molar-refractivity contribution is 7.09. The Morgan fingerprint density at radius 1 is 1.41 bits per heavy atom. The molecule has 1 heterocycles. The Kier molecular flexibility index (Phi) is 6.18. The molecule has 7 heteroatoms. The maximum Gasteiger partial charge on any atom is 0.357 e. The van der Waals surface area contributed by atoms with Gasteiger partial charge in [-0.15, -0.1) is 11.3 Å². The molecule has 0 radical (unpaired) electrons. The summed E-state index contributed by atoms with van der Waals surface area (Å²) < 4.78 is 4.67. The van der Waals surface area contributed by atoms with Crippen molar-refractivity contribution in [3.63, 3.8) is 0 Å². The van der Waals surface area contributed by atoms with E-state index in [0.29, 0.717) is 18.8 Å². The minimum absolute atomic E-state index is 0.0516. The Hall–Kier alpha value is -1.63. The van der Waals surface area contributed by atoms with Crippen molar-refractivity contribution in [1.82, 2.24) is 15.2 Å². The second-order valence-corrected chi connectivity index (χ2v) is 6.32. The molecule has 1 fully saturated rings. The number of methoxy groups -OCH3 is 1. The monoisotopic (exact) mass is 325 g/mol. The van der Waals surface area contributed by atoms with E-state index in [1.165, 1.54) is 24.9 Å². The number of thiazole rings is 1. The van der Waals surface area contributed by atoms with E-state index >= 15 is 0 Å². The first kappa shape index (κ1) is 16.7. The SMILES string of the molecule is CCNC(=O)N(Cc1nc(C(=O)OC)cs1)C1CCCCC1. The van der Waals surface area contributed by atoms with Crippen LogP contribution in [-0.2, 0) is 11.3 Å². The van der Waals surface area contributed by atoms with Crippen LogP contribution in [0.15, 0.2) is 5.38 Å². The van der Waals surface area contributed by atoms with E-state index in [4.69, 9.17) is 0 Å². The number of esters is 1. The van der Waals surface area contributed by atoms with Crippen molar-refractivity contribution >= 4 is 23.3 Å². The Bertz CT molecular complexity index is 512. The zero-order chi connectivity index (χ0) is 15.9. The summed E-state index contributed by atoms with van der Waals surface area (Å²) in [6, 6.07) is 0.204. The fourth-order valence-electron chi connectivity index (χ4n) is 2.74. The average molecular weight is 325 g/mol. The zero-order valence-electron chi connectivity index (χ0n) is 13.1. The summed E-state index contributed by atoms with van der Waals surface area (Å²) in [4.78, 5) is 30.0. The number of urea groups is 1. The fourth-order valence-corrected chi connectivity index (χ4v) is 3.50. The van der Waals surface area contributed by atoms with Gasteiger partial charge in [0, 0.05) is 18.0 Å². The largest absolute Gasteiger partial charge is 0.464 e. The summed E-state index contributed by atoms with van der Waals surface area (Å²) in [6.45, 7) is 2.96. The second-order valence-electron chi connectivity index (χ2n) is 5.37. The van der Waals surface area contributed by atoms with Crippen LogP contribution in [0.2, 0.25) is 0 Å². The van der Waals surface area contributed by atoms with Gasteiger partial charge in [0.15, 0.2) is 5.69 Å². The number of nitrogens with one attached hydrogen (secondary N) is 1. The lowest BCUT2D eigenvalue weighted by atomic mass is 9.94. The van der Waals surface area contributed by atoms with Crippen molar-refractivity contribution in [3.8, 4) is 0 Å². The van der Waals surface area contributed by atoms with Crippen molar-refractivity contribution in [2.75, 3.05) is 13.7 Å². The van der Waals surface area contributed by atoms with Crippen LogP contribution in [0.3, 0.4) is 0 Å². The van der Waals surface area contributed by atoms with Crippen LogP contribution < -0.4 is 5.32 Å². The molecule has 0 saturated heterocycles. The van der Waals surface area contributed by atoms with E-state index in [1.807, 2.05) is 11.8 Å². The van der Waals surface area contributed by atoms with Gasteiger partial charge in [0.1, 0.15) is 5.01 Å². The number of aromatic nitrogens is 1. The van der Waals surface area contributed by atoms with Crippen LogP contribution in [0, 0.1) is 0 Å². The Labute approximate surface area is 134 Å². The van der Waals surface area contributed by atoms with Gasteiger partial charge in [-0.2, -0.15) is 0 Å². The molecule has 2 amide bonds. The number of ether oxygens (including phenoxy) is 1. The van der Waals surface area contributed by atoms with Crippen molar-refractivity contribution < 1.29 is 14.3 Å². The third kappa shape index (κ3) is 4.19. The minimum atomic E-state index is -0.440. The lowest BCUT2D eigenvalue weighted by Gasteiger charge is -2.33. The average Bonchev–Trinajstić information content (AvgIpc) is 3.01. The minimum Gasteiger partial charge on any atom is -0.464 e. The van der Waals surface area contributed by atoms with E-state index in [2.05, 4.69) is 15.0 Å². The summed E-state index contributed by atoms with van der Waals surface area (Å²) in [5.41, 5.74) is 0.307. The summed E-state index contributed by atoms with van der Waals surface area (Å²) in [5.74, 6) is -0.440. The topological polar surface area (TPSA) is 71.5 Å². The summed E-state index contributed by atoms with van der Waals surface area (Å²) in [6.07, 6.45) is 5.62. The van der Waals surface area contributed by atoms with Crippen molar-refractivity contribution in [1.29, 1.82) is 0 Å². The molecule has 1 saturated carbocycles. The van der Waals surface area contributed by atoms with E-state index in [-0.39, 0.29) is 12.1 Å². The van der Waals surface area contributed by atoms with E-state index < -0.39 is 5.97 Å². The molecule has 2 rings (SSSR count). The van der Waals surface area contributed by atoms with Crippen LogP contribution >= 0.6 is 11.3 Å². The molecule has 0 unspecified atom stereocenters. The number of hydrogen-bond acceptors (Lipinski definition) is 5. The number of amides is 2. The highest BCUT2D eigenvalue weighted by Crippen LogP contribution is 2.25. The second kappa shape index (κ2) is 8.12. The van der Waals surface area contributed by atoms with Crippen LogP contribution in [0.4, 0.5) is 4.79 Å². The molecular weight excluding hydrogens is 302 g/mol. The molecule has 6 nitrogen and oxygen atoms in total. The maximum atomic E-state index is 12.3. The van der Waals surface area contributed by atoms with Gasteiger partial charge in [0.2, 0.25) is 0 Å². The van der Waals surface area contributed by atoms with Gasteiger partial charge in [-0.05, 0) is 19.8 Å². The molecule has 1 aromatic heterocycles. The number of carbonyl (C=O) groups is 2. The molecule has 0 atom stereocenters. The van der Waals surface area contributed by atoms with Crippen LogP contribution in [0.5, 0.6) is 0 Å². The molecule has 122 valence electrons. The van der Waals surface area contributed by atoms with Gasteiger partial charge in [0.25, 0.3) is 0 Å². The smallest absolute Gasteiger partial charge is 0.357 e. The van der Waals surface area contributed by atoms with Gasteiger partial charge >= 0.3 is 12.0 Å². The van der Waals surface area contributed by atoms with E-state index in [1.54, 1.807) is 5.38 Å². The first-order chi connectivity index (χ1) is 10.7. The van der Waals surface area contributed by atoms with E-state index in [9.17, 15) is 9.59 Å². The third-order valence-corrected chi connectivity index (χ3v) is 4.69. The van der Waals surface area contributed by atoms with Gasteiger partial charge in [-0.3, -0.25) is 0 Å². The van der Waals surface area contributed by atoms with Crippen LogP contribution in [-0.4, -0.2) is 41.6 Å². The van der Waals surface area contributed by atoms with Crippen molar-refractivity contribution in [2.45, 2.75) is 51.6 Å². The number of rotatable bonds is 5. The van der Waals surface area contributed by atoms with Gasteiger partial charge in [-0.25, -0.2) is 14.6 Å². The molecule has 1 aliphatic rings. The molecule has 22 heavy (non-hydrogen) atoms.